The minimum absolute atomic E-state index is 0.0407. The van der Waals surface area contributed by atoms with Crippen LogP contribution in [0.2, 0.25) is 0 Å². The van der Waals surface area contributed by atoms with Crippen molar-refractivity contribution in [3.05, 3.63) is 53.6 Å². The average molecular weight is 470 g/mol. The van der Waals surface area contributed by atoms with Gasteiger partial charge in [-0.15, -0.1) is 0 Å². The maximum atomic E-state index is 13.4. The predicted octanol–water partition coefficient (Wildman–Crippen LogP) is 3.59. The van der Waals surface area contributed by atoms with E-state index in [9.17, 15) is 18.0 Å². The lowest BCUT2D eigenvalue weighted by Crippen LogP contribution is -2.43. The lowest BCUT2D eigenvalue weighted by atomic mass is 9.98. The lowest BCUT2D eigenvalue weighted by molar-refractivity contribution is -0.121. The molecule has 0 aromatic heterocycles. The van der Waals surface area contributed by atoms with E-state index in [4.69, 9.17) is 0 Å². The van der Waals surface area contributed by atoms with Gasteiger partial charge in [0.2, 0.25) is 21.8 Å². The molecule has 2 aromatic rings. The van der Waals surface area contributed by atoms with E-state index in [0.717, 1.165) is 41.8 Å². The van der Waals surface area contributed by atoms with Crippen molar-refractivity contribution < 1.29 is 18.0 Å². The fourth-order valence-electron chi connectivity index (χ4n) is 4.77. The van der Waals surface area contributed by atoms with Crippen molar-refractivity contribution in [1.29, 1.82) is 0 Å². The molecular weight excluding hydrogens is 438 g/mol. The first-order valence-electron chi connectivity index (χ1n) is 11.6. The lowest BCUT2D eigenvalue weighted by Gasteiger charge is -2.32. The van der Waals surface area contributed by atoms with Crippen LogP contribution in [0.1, 0.15) is 44.2 Å². The Morgan fingerprint density at radius 2 is 1.88 bits per heavy atom. The van der Waals surface area contributed by atoms with Gasteiger partial charge in [-0.3, -0.25) is 9.59 Å². The van der Waals surface area contributed by atoms with E-state index in [1.54, 1.807) is 23.1 Å². The first-order valence-corrected chi connectivity index (χ1v) is 13.0. The second kappa shape index (κ2) is 9.65. The third kappa shape index (κ3) is 4.82. The van der Waals surface area contributed by atoms with Gasteiger partial charge in [-0.1, -0.05) is 25.1 Å². The van der Waals surface area contributed by atoms with Gasteiger partial charge in [0.25, 0.3) is 0 Å². The SMILES string of the molecule is CCc1ccccc1NC(=O)C1CCCN(S(=O)(=O)c2ccc3c(c2)CCCN3C(C)=O)C1. The molecule has 2 aliphatic rings. The molecule has 0 saturated carbocycles. The van der Waals surface area contributed by atoms with Gasteiger partial charge in [0.15, 0.2) is 0 Å². The number of rotatable bonds is 5. The predicted molar refractivity (Wildman–Crippen MR) is 129 cm³/mol. The van der Waals surface area contributed by atoms with E-state index in [1.807, 2.05) is 31.2 Å². The molecule has 1 fully saturated rings. The summed E-state index contributed by atoms with van der Waals surface area (Å²) >= 11 is 0. The first-order chi connectivity index (χ1) is 15.8. The van der Waals surface area contributed by atoms with Gasteiger partial charge < -0.3 is 10.2 Å². The highest BCUT2D eigenvalue weighted by atomic mass is 32.2. The van der Waals surface area contributed by atoms with Crippen molar-refractivity contribution in [1.82, 2.24) is 4.31 Å². The Morgan fingerprint density at radius 1 is 1.09 bits per heavy atom. The zero-order valence-electron chi connectivity index (χ0n) is 19.2. The molecule has 33 heavy (non-hydrogen) atoms. The summed E-state index contributed by atoms with van der Waals surface area (Å²) in [5, 5.41) is 3.00. The van der Waals surface area contributed by atoms with Gasteiger partial charge in [-0.2, -0.15) is 4.31 Å². The monoisotopic (exact) mass is 469 g/mol. The Morgan fingerprint density at radius 3 is 2.64 bits per heavy atom. The van der Waals surface area contributed by atoms with Crippen LogP contribution in [0.3, 0.4) is 0 Å². The summed E-state index contributed by atoms with van der Waals surface area (Å²) in [6.07, 6.45) is 3.65. The average Bonchev–Trinajstić information content (AvgIpc) is 2.83. The number of anilines is 2. The highest BCUT2D eigenvalue weighted by Gasteiger charge is 2.34. The van der Waals surface area contributed by atoms with Crippen molar-refractivity contribution in [2.24, 2.45) is 5.92 Å². The second-order valence-electron chi connectivity index (χ2n) is 8.77. The Hall–Kier alpha value is -2.71. The standard InChI is InChI=1S/C25H31N3O4S/c1-3-19-8-4-5-11-23(19)26-25(30)21-10-6-14-27(17-21)33(31,32)22-12-13-24-20(16-22)9-7-15-28(24)18(2)29/h4-5,8,11-13,16,21H,3,6-7,9-10,14-15,17H2,1-2H3,(H,26,30). The van der Waals surface area contributed by atoms with Gasteiger partial charge in [0, 0.05) is 37.9 Å². The number of amides is 2. The van der Waals surface area contributed by atoms with Crippen molar-refractivity contribution >= 4 is 33.2 Å². The molecule has 2 aromatic carbocycles. The molecule has 1 atom stereocenters. The summed E-state index contributed by atoms with van der Waals surface area (Å²) in [4.78, 5) is 26.8. The number of carbonyl (C=O) groups excluding carboxylic acids is 2. The maximum Gasteiger partial charge on any atom is 0.243 e. The van der Waals surface area contributed by atoms with E-state index < -0.39 is 15.9 Å². The van der Waals surface area contributed by atoms with Crippen LogP contribution in [-0.4, -0.2) is 44.2 Å². The third-order valence-electron chi connectivity index (χ3n) is 6.60. The summed E-state index contributed by atoms with van der Waals surface area (Å²) in [5.74, 6) is -0.580. The Kier molecular flexibility index (Phi) is 6.86. The summed E-state index contributed by atoms with van der Waals surface area (Å²) < 4.78 is 28.3. The normalized spacial score (nSPS) is 19.1. The number of sulfonamides is 1. The zero-order valence-corrected chi connectivity index (χ0v) is 20.0. The van der Waals surface area contributed by atoms with E-state index in [2.05, 4.69) is 5.32 Å². The van der Waals surface area contributed by atoms with Crippen LogP contribution in [0.4, 0.5) is 11.4 Å². The number of nitrogens with one attached hydrogen (secondary N) is 1. The zero-order chi connectivity index (χ0) is 23.6. The van der Waals surface area contributed by atoms with Gasteiger partial charge >= 0.3 is 0 Å². The molecule has 2 aliphatic heterocycles. The number of aryl methyl sites for hydroxylation is 2. The first kappa shape index (κ1) is 23.4. The molecule has 4 rings (SSSR count). The van der Waals surface area contributed by atoms with Crippen LogP contribution < -0.4 is 10.2 Å². The fourth-order valence-corrected chi connectivity index (χ4v) is 6.35. The Balaban J connectivity index is 1.52. The van der Waals surface area contributed by atoms with Gasteiger partial charge in [0.1, 0.15) is 0 Å². The number of fused-ring (bicyclic) bond motifs is 1. The van der Waals surface area contributed by atoms with E-state index in [1.165, 1.54) is 11.2 Å². The topological polar surface area (TPSA) is 86.8 Å². The fraction of sp³-hybridized carbons (Fsp3) is 0.440. The molecule has 1 unspecified atom stereocenters. The van der Waals surface area contributed by atoms with Crippen LogP contribution in [0.25, 0.3) is 0 Å². The summed E-state index contributed by atoms with van der Waals surface area (Å²) in [6, 6.07) is 12.7. The molecule has 0 aliphatic carbocycles. The van der Waals surface area contributed by atoms with Gasteiger partial charge in [-0.05, 0) is 67.5 Å². The maximum absolute atomic E-state index is 13.4. The van der Waals surface area contributed by atoms with Crippen LogP contribution in [-0.2, 0) is 32.5 Å². The largest absolute Gasteiger partial charge is 0.326 e. The molecule has 7 nitrogen and oxygen atoms in total. The minimum atomic E-state index is -3.74. The van der Waals surface area contributed by atoms with Gasteiger partial charge in [-0.25, -0.2) is 8.42 Å². The van der Waals surface area contributed by atoms with Crippen molar-refractivity contribution in [2.75, 3.05) is 29.9 Å². The minimum Gasteiger partial charge on any atom is -0.326 e. The molecule has 0 radical (unpaired) electrons. The summed E-state index contributed by atoms with van der Waals surface area (Å²) in [6.45, 7) is 4.78. The molecule has 1 saturated heterocycles. The van der Waals surface area contributed by atoms with Crippen molar-refractivity contribution in [3.8, 4) is 0 Å². The van der Waals surface area contributed by atoms with E-state index in [-0.39, 0.29) is 23.3 Å². The van der Waals surface area contributed by atoms with Crippen LogP contribution >= 0.6 is 0 Å². The van der Waals surface area contributed by atoms with E-state index >= 15 is 0 Å². The number of carbonyl (C=O) groups is 2. The number of piperidine rings is 1. The molecule has 2 heterocycles. The molecule has 2 amide bonds. The highest BCUT2D eigenvalue weighted by molar-refractivity contribution is 7.89. The number of para-hydroxylation sites is 1. The second-order valence-corrected chi connectivity index (χ2v) is 10.7. The number of hydrogen-bond donors (Lipinski definition) is 1. The summed E-state index contributed by atoms with van der Waals surface area (Å²) in [7, 11) is -3.74. The van der Waals surface area contributed by atoms with Gasteiger partial charge in [0.05, 0.1) is 10.8 Å². The van der Waals surface area contributed by atoms with Crippen LogP contribution in [0.5, 0.6) is 0 Å². The third-order valence-corrected chi connectivity index (χ3v) is 8.46. The van der Waals surface area contributed by atoms with Crippen molar-refractivity contribution in [2.45, 2.75) is 50.8 Å². The number of benzene rings is 2. The number of hydrogen-bond acceptors (Lipinski definition) is 4. The molecule has 0 bridgehead atoms. The summed E-state index contributed by atoms with van der Waals surface area (Å²) in [5.41, 5.74) is 3.51. The number of nitrogens with zero attached hydrogens (tertiary/aromatic N) is 2. The quantitative estimate of drug-likeness (QED) is 0.725. The smallest absolute Gasteiger partial charge is 0.243 e. The molecular formula is C25H31N3O4S. The van der Waals surface area contributed by atoms with Crippen LogP contribution in [0.15, 0.2) is 47.4 Å². The molecule has 176 valence electrons. The van der Waals surface area contributed by atoms with Crippen molar-refractivity contribution in [3.63, 3.8) is 0 Å². The Labute approximate surface area is 195 Å². The molecule has 0 spiro atoms. The highest BCUT2D eigenvalue weighted by Crippen LogP contribution is 2.32. The molecule has 8 heteroatoms. The molecule has 1 N–H and O–H groups in total. The van der Waals surface area contributed by atoms with Crippen LogP contribution in [0, 0.1) is 5.92 Å². The Bertz CT molecular complexity index is 1160. The van der Waals surface area contributed by atoms with E-state index in [0.29, 0.717) is 25.9 Å².